The van der Waals surface area contributed by atoms with E-state index >= 15 is 0 Å². The van der Waals surface area contributed by atoms with Crippen molar-refractivity contribution in [3.05, 3.63) is 60.9 Å². The number of halogens is 1. The van der Waals surface area contributed by atoms with Crippen LogP contribution in [-0.2, 0) is 28.0 Å². The van der Waals surface area contributed by atoms with Crippen LogP contribution in [0.25, 0.3) is 10.2 Å². The first-order chi connectivity index (χ1) is 16.8. The molecule has 0 fully saturated rings. The number of hydrogen-bond donors (Lipinski definition) is 2. The predicted octanol–water partition coefficient (Wildman–Crippen LogP) is 3.06. The number of hydrogen-bond acceptors (Lipinski definition) is 7. The highest BCUT2D eigenvalue weighted by molar-refractivity contribution is 7.20. The largest absolute Gasteiger partial charge is 0.508 e. The van der Waals surface area contributed by atoms with Crippen LogP contribution in [0.4, 0.5) is 4.39 Å². The van der Waals surface area contributed by atoms with E-state index in [1.807, 2.05) is 0 Å². The number of benzene rings is 1. The molecule has 0 saturated heterocycles. The molecular weight excluding hydrogens is 489 g/mol. The molecule has 9 nitrogen and oxygen atoms in total. The number of carbonyl (C=O) groups is 2. The number of aromatic nitrogens is 2. The molecule has 0 aliphatic heterocycles. The zero-order valence-electron chi connectivity index (χ0n) is 21.1. The molecule has 194 valence electrons. The number of thiophene rings is 1. The molecule has 2 N–H and O–H groups in total. The van der Waals surface area contributed by atoms with Gasteiger partial charge in [-0.25, -0.2) is 18.5 Å². The lowest BCUT2D eigenvalue weighted by Crippen LogP contribution is -2.56. The van der Waals surface area contributed by atoms with Gasteiger partial charge in [0.1, 0.15) is 26.8 Å². The first-order valence-electron chi connectivity index (χ1n) is 11.6. The van der Waals surface area contributed by atoms with Crippen LogP contribution in [-0.4, -0.2) is 38.8 Å². The number of esters is 1. The van der Waals surface area contributed by atoms with Crippen molar-refractivity contribution in [2.75, 3.05) is 6.61 Å². The lowest BCUT2D eigenvalue weighted by molar-refractivity contribution is -0.129. The van der Waals surface area contributed by atoms with Crippen molar-refractivity contribution in [3.63, 3.8) is 0 Å². The first kappa shape index (κ1) is 27.1. The van der Waals surface area contributed by atoms with Crippen molar-refractivity contribution in [2.45, 2.75) is 66.1 Å². The number of phenolic OH excluding ortho intramolecular Hbond substituents is 1. The Bertz CT molecular complexity index is 1450. The molecule has 11 heteroatoms. The zero-order chi connectivity index (χ0) is 26.9. The van der Waals surface area contributed by atoms with Gasteiger partial charge in [0.25, 0.3) is 5.56 Å². The lowest BCUT2D eigenvalue weighted by atomic mass is 10.0. The predicted molar refractivity (Wildman–Crippen MR) is 135 cm³/mol. The highest BCUT2D eigenvalue weighted by Crippen LogP contribution is 2.30. The van der Waals surface area contributed by atoms with E-state index in [0.29, 0.717) is 5.56 Å². The summed E-state index contributed by atoms with van der Waals surface area (Å²) in [4.78, 5) is 53.4. The summed E-state index contributed by atoms with van der Waals surface area (Å²) in [5, 5.41) is 13.0. The van der Waals surface area contributed by atoms with E-state index < -0.39 is 34.5 Å². The molecule has 0 spiro atoms. The summed E-state index contributed by atoms with van der Waals surface area (Å²) in [6.07, 6.45) is 0.0567. The van der Waals surface area contributed by atoms with Crippen molar-refractivity contribution < 1.29 is 23.8 Å². The average molecular weight is 520 g/mol. The maximum Gasteiger partial charge on any atom is 0.348 e. The fourth-order valence-corrected chi connectivity index (χ4v) is 5.17. The van der Waals surface area contributed by atoms with Gasteiger partial charge in [-0.3, -0.25) is 14.2 Å². The van der Waals surface area contributed by atoms with Crippen LogP contribution in [0.15, 0.2) is 27.8 Å². The zero-order valence-corrected chi connectivity index (χ0v) is 21.9. The third kappa shape index (κ3) is 4.92. The summed E-state index contributed by atoms with van der Waals surface area (Å²) in [5.74, 6) is -1.84. The molecule has 2 heterocycles. The van der Waals surface area contributed by atoms with Crippen LogP contribution in [0.1, 0.15) is 55.4 Å². The van der Waals surface area contributed by atoms with Crippen molar-refractivity contribution in [1.29, 1.82) is 0 Å². The van der Waals surface area contributed by atoms with E-state index in [4.69, 9.17) is 4.74 Å². The molecule has 0 bridgehead atoms. The highest BCUT2D eigenvalue weighted by Gasteiger charge is 2.36. The van der Waals surface area contributed by atoms with E-state index in [9.17, 15) is 28.7 Å². The van der Waals surface area contributed by atoms with Crippen LogP contribution in [0, 0.1) is 12.7 Å². The second-order valence-electron chi connectivity index (χ2n) is 9.24. The van der Waals surface area contributed by atoms with Crippen molar-refractivity contribution >= 4 is 33.4 Å². The number of carbonyl (C=O) groups excluding carboxylic acids is 2. The Labute approximate surface area is 211 Å². The van der Waals surface area contributed by atoms with Crippen LogP contribution in [0.5, 0.6) is 5.75 Å². The summed E-state index contributed by atoms with van der Waals surface area (Å²) in [5.41, 5.74) is -2.41. The molecule has 3 aromatic rings. The van der Waals surface area contributed by atoms with Gasteiger partial charge in [0, 0.05) is 12.6 Å². The van der Waals surface area contributed by atoms with Crippen LogP contribution in [0.3, 0.4) is 0 Å². The van der Waals surface area contributed by atoms with Gasteiger partial charge in [0.05, 0.1) is 12.0 Å². The number of aryl methyl sites for hydroxylation is 3. The molecule has 3 rings (SSSR count). The second-order valence-corrected chi connectivity index (χ2v) is 10.2. The fraction of sp³-hybridized carbons (Fsp3) is 0.440. The number of phenols is 1. The van der Waals surface area contributed by atoms with E-state index in [0.717, 1.165) is 28.0 Å². The number of fused-ring (bicyclic) bond motifs is 1. The van der Waals surface area contributed by atoms with E-state index in [1.54, 1.807) is 27.7 Å². The van der Waals surface area contributed by atoms with Gasteiger partial charge in [-0.05, 0) is 77.3 Å². The molecule has 2 aromatic heterocycles. The Kier molecular flexibility index (Phi) is 7.73. The molecule has 1 amide bonds. The number of nitrogens with one attached hydrogen (secondary N) is 1. The van der Waals surface area contributed by atoms with Gasteiger partial charge >= 0.3 is 11.7 Å². The van der Waals surface area contributed by atoms with Gasteiger partial charge in [-0.1, -0.05) is 0 Å². The smallest absolute Gasteiger partial charge is 0.348 e. The number of rotatable bonds is 8. The Hall–Kier alpha value is -3.47. The first-order valence-corrected chi connectivity index (χ1v) is 12.4. The number of ether oxygens (including phenoxy) is 1. The normalized spacial score (nSPS) is 11.8. The van der Waals surface area contributed by atoms with Gasteiger partial charge in [-0.2, -0.15) is 0 Å². The van der Waals surface area contributed by atoms with Gasteiger partial charge in [-0.15, -0.1) is 11.3 Å². The minimum atomic E-state index is -1.56. The second kappa shape index (κ2) is 10.3. The topological polar surface area (TPSA) is 120 Å². The van der Waals surface area contributed by atoms with Crippen LogP contribution >= 0.6 is 11.3 Å². The highest BCUT2D eigenvalue weighted by atomic mass is 32.1. The quantitative estimate of drug-likeness (QED) is 0.442. The molecule has 0 aliphatic rings. The molecular formula is C25H30FN3O6S. The Morgan fingerprint density at radius 3 is 2.53 bits per heavy atom. The molecule has 0 atom stereocenters. The van der Waals surface area contributed by atoms with Gasteiger partial charge in [0.2, 0.25) is 5.91 Å². The SMILES string of the molecule is CCOC(=O)c1sc2c(c1C)c(=O)n(C(C)(C)C(=O)NC(C)C)c(=O)n2CCc1cc(F)ccc1O. The molecule has 0 unspecified atom stereocenters. The minimum absolute atomic E-state index is 0.0449. The molecule has 0 radical (unpaired) electrons. The standard InChI is InChI=1S/C25H30FN3O6S/c1-7-35-22(32)19-14(4)18-20(31)29(25(5,6)23(33)27-13(2)3)24(34)28(21(18)36-19)11-10-15-12-16(26)8-9-17(15)30/h8-9,12-13,30H,7,10-11H2,1-6H3,(H,27,33). The fourth-order valence-electron chi connectivity index (χ4n) is 3.95. The maximum atomic E-state index is 13.8. The minimum Gasteiger partial charge on any atom is -0.508 e. The number of amides is 1. The van der Waals surface area contributed by atoms with E-state index in [2.05, 4.69) is 5.32 Å². The lowest BCUT2D eigenvalue weighted by Gasteiger charge is -2.27. The van der Waals surface area contributed by atoms with E-state index in [1.165, 1.54) is 24.5 Å². The van der Waals surface area contributed by atoms with Crippen molar-refractivity contribution in [1.82, 2.24) is 14.5 Å². The summed E-state index contributed by atoms with van der Waals surface area (Å²) in [6.45, 7) is 9.79. The summed E-state index contributed by atoms with van der Waals surface area (Å²) < 4.78 is 21.1. The Morgan fingerprint density at radius 1 is 1.25 bits per heavy atom. The molecule has 1 aromatic carbocycles. The van der Waals surface area contributed by atoms with Gasteiger partial charge < -0.3 is 15.2 Å². The monoisotopic (exact) mass is 519 g/mol. The third-order valence-corrected chi connectivity index (χ3v) is 7.15. The van der Waals surface area contributed by atoms with E-state index in [-0.39, 0.29) is 52.0 Å². The Morgan fingerprint density at radius 2 is 1.92 bits per heavy atom. The molecule has 0 saturated carbocycles. The third-order valence-electron chi connectivity index (χ3n) is 5.85. The van der Waals surface area contributed by atoms with Crippen molar-refractivity contribution in [2.24, 2.45) is 0 Å². The molecule has 36 heavy (non-hydrogen) atoms. The summed E-state index contributed by atoms with van der Waals surface area (Å²) in [6, 6.07) is 3.27. The van der Waals surface area contributed by atoms with Crippen LogP contribution in [0.2, 0.25) is 0 Å². The van der Waals surface area contributed by atoms with Crippen molar-refractivity contribution in [3.8, 4) is 5.75 Å². The number of aromatic hydroxyl groups is 1. The van der Waals surface area contributed by atoms with Crippen LogP contribution < -0.4 is 16.6 Å². The van der Waals surface area contributed by atoms with Gasteiger partial charge in [0.15, 0.2) is 0 Å². The summed E-state index contributed by atoms with van der Waals surface area (Å²) in [7, 11) is 0. The average Bonchev–Trinajstić information content (AvgIpc) is 3.12. The molecule has 0 aliphatic carbocycles. The number of nitrogens with zero attached hydrogens (tertiary/aromatic N) is 2. The Balaban J connectivity index is 2.30. The summed E-state index contributed by atoms with van der Waals surface area (Å²) >= 11 is 0.946. The maximum absolute atomic E-state index is 13.8.